The van der Waals surface area contributed by atoms with Crippen LogP contribution in [0.2, 0.25) is 0 Å². The maximum absolute atomic E-state index is 12.8. The molecule has 0 aliphatic heterocycles. The number of sulfonamides is 1. The summed E-state index contributed by atoms with van der Waals surface area (Å²) in [5.74, 6) is 1.44. The third kappa shape index (κ3) is 7.35. The highest BCUT2D eigenvalue weighted by Crippen LogP contribution is 2.17. The number of benzene rings is 2. The van der Waals surface area contributed by atoms with Crippen molar-refractivity contribution in [1.29, 1.82) is 0 Å². The van der Waals surface area contributed by atoms with Gasteiger partial charge in [-0.3, -0.25) is 4.99 Å². The number of hydrogen-bond donors (Lipinski definition) is 3. The monoisotopic (exact) mass is 432 g/mol. The molecule has 0 bridgehead atoms. The molecule has 0 fully saturated rings. The molecule has 0 aliphatic rings. The highest BCUT2D eigenvalue weighted by atomic mass is 32.2. The average molecular weight is 433 g/mol. The first-order chi connectivity index (χ1) is 14.1. The summed E-state index contributed by atoms with van der Waals surface area (Å²) in [4.78, 5) is 4.49. The van der Waals surface area contributed by atoms with Gasteiger partial charge in [-0.25, -0.2) is 13.1 Å². The van der Waals surface area contributed by atoms with E-state index >= 15 is 0 Å². The van der Waals surface area contributed by atoms with Gasteiger partial charge in [0.25, 0.3) is 0 Å². The summed E-state index contributed by atoms with van der Waals surface area (Å²) in [6.45, 7) is 6.49. The number of nitrogens with one attached hydrogen (secondary N) is 3. The second kappa shape index (κ2) is 10.4. The van der Waals surface area contributed by atoms with Gasteiger partial charge in [0.2, 0.25) is 10.0 Å². The highest BCUT2D eigenvalue weighted by molar-refractivity contribution is 7.89. The molecule has 0 spiro atoms. The molecular formula is C22H32N4O3S. The van der Waals surface area contributed by atoms with Gasteiger partial charge in [-0.05, 0) is 56.5 Å². The molecule has 0 unspecified atom stereocenters. The fourth-order valence-electron chi connectivity index (χ4n) is 2.89. The van der Waals surface area contributed by atoms with Gasteiger partial charge in [-0.15, -0.1) is 0 Å². The van der Waals surface area contributed by atoms with Crippen molar-refractivity contribution in [2.75, 3.05) is 20.7 Å². The van der Waals surface area contributed by atoms with Crippen LogP contribution >= 0.6 is 0 Å². The predicted octanol–water partition coefficient (Wildman–Crippen LogP) is 2.68. The Kier molecular flexibility index (Phi) is 8.25. The van der Waals surface area contributed by atoms with Crippen LogP contribution in [0.4, 0.5) is 0 Å². The number of ether oxygens (including phenoxy) is 1. The zero-order valence-electron chi connectivity index (χ0n) is 18.3. The third-order valence-corrected chi connectivity index (χ3v) is 6.10. The molecular weight excluding hydrogens is 400 g/mol. The maximum Gasteiger partial charge on any atom is 0.241 e. The Balaban J connectivity index is 1.96. The van der Waals surface area contributed by atoms with E-state index in [1.165, 1.54) is 5.56 Å². The van der Waals surface area contributed by atoms with Crippen molar-refractivity contribution in [3.8, 4) is 5.75 Å². The average Bonchev–Trinajstić information content (AvgIpc) is 2.69. The van der Waals surface area contributed by atoms with Gasteiger partial charge in [0.05, 0.1) is 12.0 Å². The van der Waals surface area contributed by atoms with Crippen molar-refractivity contribution in [3.63, 3.8) is 0 Å². The molecule has 0 heterocycles. The van der Waals surface area contributed by atoms with E-state index in [9.17, 15) is 8.42 Å². The normalized spacial score (nSPS) is 12.5. The molecule has 7 nitrogen and oxygen atoms in total. The Bertz CT molecular complexity index is 949. The number of hydrogen-bond acceptors (Lipinski definition) is 4. The number of methoxy groups -OCH3 is 1. The second-order valence-corrected chi connectivity index (χ2v) is 9.56. The summed E-state index contributed by atoms with van der Waals surface area (Å²) in [6.07, 6.45) is 0.825. The summed E-state index contributed by atoms with van der Waals surface area (Å²) < 4.78 is 33.4. The maximum atomic E-state index is 12.8. The lowest BCUT2D eigenvalue weighted by Crippen LogP contribution is -2.41. The molecule has 8 heteroatoms. The van der Waals surface area contributed by atoms with E-state index in [1.54, 1.807) is 32.4 Å². The molecule has 0 amide bonds. The molecule has 164 valence electrons. The van der Waals surface area contributed by atoms with Gasteiger partial charge in [-0.2, -0.15) is 0 Å². The minimum atomic E-state index is -3.62. The smallest absolute Gasteiger partial charge is 0.241 e. The van der Waals surface area contributed by atoms with Crippen LogP contribution in [0.25, 0.3) is 0 Å². The first-order valence-electron chi connectivity index (χ1n) is 9.84. The van der Waals surface area contributed by atoms with E-state index in [4.69, 9.17) is 4.74 Å². The molecule has 0 saturated carbocycles. The molecule has 0 saturated heterocycles. The van der Waals surface area contributed by atoms with Crippen molar-refractivity contribution in [2.45, 2.75) is 44.2 Å². The lowest BCUT2D eigenvalue weighted by atomic mass is 10.1. The molecule has 0 aromatic heterocycles. The third-order valence-electron chi connectivity index (χ3n) is 4.24. The molecule has 3 N–H and O–H groups in total. The van der Waals surface area contributed by atoms with E-state index in [1.807, 2.05) is 51.1 Å². The number of guanidine groups is 1. The molecule has 0 aliphatic carbocycles. The van der Waals surface area contributed by atoms with Gasteiger partial charge < -0.3 is 15.4 Å². The van der Waals surface area contributed by atoms with E-state index in [-0.39, 0.29) is 4.90 Å². The Morgan fingerprint density at radius 1 is 1.03 bits per heavy atom. The molecule has 2 aromatic carbocycles. The minimum Gasteiger partial charge on any atom is -0.497 e. The molecule has 2 aromatic rings. The zero-order valence-corrected chi connectivity index (χ0v) is 19.1. The van der Waals surface area contributed by atoms with Crippen LogP contribution in [0, 0.1) is 0 Å². The van der Waals surface area contributed by atoms with Crippen LogP contribution in [-0.2, 0) is 23.0 Å². The summed E-state index contributed by atoms with van der Waals surface area (Å²) in [5.41, 5.74) is 1.30. The Labute approximate surface area is 180 Å². The highest BCUT2D eigenvalue weighted by Gasteiger charge is 2.24. The van der Waals surface area contributed by atoms with Crippen molar-refractivity contribution < 1.29 is 13.2 Å². The Morgan fingerprint density at radius 3 is 2.30 bits per heavy atom. The molecule has 0 atom stereocenters. The predicted molar refractivity (Wildman–Crippen MR) is 121 cm³/mol. The number of rotatable bonds is 8. The lowest BCUT2D eigenvalue weighted by molar-refractivity contribution is 0.414. The van der Waals surface area contributed by atoms with Crippen molar-refractivity contribution in [1.82, 2.24) is 15.4 Å². The first kappa shape index (κ1) is 23.7. The van der Waals surface area contributed by atoms with Crippen LogP contribution in [0.1, 0.15) is 31.9 Å². The summed E-state index contributed by atoms with van der Waals surface area (Å²) in [7, 11) is -0.288. The second-order valence-electron chi connectivity index (χ2n) is 7.91. The number of nitrogens with zero attached hydrogens (tertiary/aromatic N) is 1. The molecule has 30 heavy (non-hydrogen) atoms. The van der Waals surface area contributed by atoms with Crippen LogP contribution in [0.5, 0.6) is 5.75 Å². The van der Waals surface area contributed by atoms with E-state index < -0.39 is 15.6 Å². The van der Waals surface area contributed by atoms with Gasteiger partial charge in [0, 0.05) is 25.7 Å². The van der Waals surface area contributed by atoms with Crippen LogP contribution in [-0.4, -0.2) is 40.6 Å². The van der Waals surface area contributed by atoms with Crippen molar-refractivity contribution >= 4 is 16.0 Å². The quantitative estimate of drug-likeness (QED) is 0.441. The summed E-state index contributed by atoms with van der Waals surface area (Å²) in [5, 5.41) is 6.45. The first-order valence-corrected chi connectivity index (χ1v) is 11.3. The van der Waals surface area contributed by atoms with Gasteiger partial charge in [-0.1, -0.05) is 30.3 Å². The van der Waals surface area contributed by atoms with Crippen molar-refractivity contribution in [3.05, 3.63) is 59.7 Å². The van der Waals surface area contributed by atoms with E-state index in [2.05, 4.69) is 20.3 Å². The van der Waals surface area contributed by atoms with Crippen LogP contribution in [0.15, 0.2) is 58.4 Å². The molecule has 0 radical (unpaired) electrons. The van der Waals surface area contributed by atoms with Crippen LogP contribution in [0.3, 0.4) is 0 Å². The zero-order chi connectivity index (χ0) is 22.2. The minimum absolute atomic E-state index is 0.265. The lowest BCUT2D eigenvalue weighted by Gasteiger charge is -2.22. The standard InChI is InChI=1S/C22H32N4O3S/c1-22(2,3)26-30(27,28)20-9-7-6-8-18(20)16-25-21(23-4)24-15-14-17-10-12-19(29-5)13-11-17/h6-13,26H,14-16H2,1-5H3,(H2,23,24,25). The largest absolute Gasteiger partial charge is 0.497 e. The van der Waals surface area contributed by atoms with Gasteiger partial charge in [0.1, 0.15) is 5.75 Å². The topological polar surface area (TPSA) is 91.8 Å². The van der Waals surface area contributed by atoms with E-state index in [0.717, 1.165) is 12.2 Å². The Morgan fingerprint density at radius 2 is 1.70 bits per heavy atom. The summed E-state index contributed by atoms with van der Waals surface area (Å²) in [6, 6.07) is 14.9. The van der Waals surface area contributed by atoms with E-state index in [0.29, 0.717) is 24.6 Å². The summed E-state index contributed by atoms with van der Waals surface area (Å²) >= 11 is 0. The van der Waals surface area contributed by atoms with Gasteiger partial charge >= 0.3 is 0 Å². The molecule has 2 rings (SSSR count). The van der Waals surface area contributed by atoms with Gasteiger partial charge in [0.15, 0.2) is 5.96 Å². The van der Waals surface area contributed by atoms with Crippen LogP contribution < -0.4 is 20.1 Å². The fourth-order valence-corrected chi connectivity index (χ4v) is 4.55. The Hall–Kier alpha value is -2.58. The fraction of sp³-hybridized carbons (Fsp3) is 0.409. The van der Waals surface area contributed by atoms with Crippen molar-refractivity contribution in [2.24, 2.45) is 4.99 Å². The SMILES string of the molecule is CN=C(NCCc1ccc(OC)cc1)NCc1ccccc1S(=O)(=O)NC(C)(C)C. The number of aliphatic imine (C=N–C) groups is 1.